The van der Waals surface area contributed by atoms with Gasteiger partial charge in [0.2, 0.25) is 0 Å². The number of fused-ring (bicyclic) bond motifs is 1. The van der Waals surface area contributed by atoms with Crippen LogP contribution in [0.1, 0.15) is 40.5 Å². The smallest absolute Gasteiger partial charge is 0.303 e. The second-order valence-electron chi connectivity index (χ2n) is 7.23. The maximum atomic E-state index is 12.8. The lowest BCUT2D eigenvalue weighted by Gasteiger charge is -2.40. The fourth-order valence-electron chi connectivity index (χ4n) is 4.12. The molecule has 120 valence electrons. The monoisotopic (exact) mass is 306 g/mol. The van der Waals surface area contributed by atoms with Crippen LogP contribution in [0.25, 0.3) is 0 Å². The van der Waals surface area contributed by atoms with Crippen LogP contribution in [-0.2, 0) is 14.3 Å². The van der Waals surface area contributed by atoms with Crippen molar-refractivity contribution >= 4 is 11.8 Å². The number of ketones is 1. The number of hydrogen-bond donors (Lipinski definition) is 2. The van der Waals surface area contributed by atoms with Gasteiger partial charge in [0.1, 0.15) is 11.7 Å². The second kappa shape index (κ2) is 4.30. The van der Waals surface area contributed by atoms with Crippen LogP contribution >= 0.6 is 0 Å². The van der Waals surface area contributed by atoms with E-state index < -0.39 is 28.5 Å². The van der Waals surface area contributed by atoms with Gasteiger partial charge in [-0.15, -0.1) is 0 Å². The van der Waals surface area contributed by atoms with Crippen LogP contribution in [0.5, 0.6) is 0 Å². The van der Waals surface area contributed by atoms with Gasteiger partial charge in [0.15, 0.2) is 5.78 Å². The summed E-state index contributed by atoms with van der Waals surface area (Å²) in [6, 6.07) is 0. The van der Waals surface area contributed by atoms with E-state index in [9.17, 15) is 19.8 Å². The van der Waals surface area contributed by atoms with Gasteiger partial charge in [-0.2, -0.15) is 0 Å². The van der Waals surface area contributed by atoms with Crippen LogP contribution in [0.2, 0.25) is 0 Å². The lowest BCUT2D eigenvalue weighted by Crippen LogP contribution is -2.50. The molecule has 0 aromatic carbocycles. The molecule has 1 fully saturated rings. The van der Waals surface area contributed by atoms with E-state index in [2.05, 4.69) is 0 Å². The largest absolute Gasteiger partial charge is 0.457 e. The molecule has 0 amide bonds. The second-order valence-corrected chi connectivity index (χ2v) is 7.23. The summed E-state index contributed by atoms with van der Waals surface area (Å²) in [5, 5.41) is 20.5. The molecular weight excluding hydrogens is 284 g/mol. The van der Waals surface area contributed by atoms with E-state index in [1.54, 1.807) is 19.9 Å². The zero-order valence-electron chi connectivity index (χ0n) is 13.4. The lowest BCUT2D eigenvalue weighted by atomic mass is 9.67. The average molecular weight is 306 g/mol. The summed E-state index contributed by atoms with van der Waals surface area (Å²) in [5.74, 6) is -0.783. The number of esters is 1. The SMILES string of the molecule is CC(=O)OC1C2=C(C)C3(CC3)C(C)(O)C(=O)C2=CC1(C)CO. The molecule has 0 bridgehead atoms. The Morgan fingerprint density at radius 3 is 2.45 bits per heavy atom. The number of rotatable bonds is 2. The normalized spacial score (nSPS) is 38.9. The van der Waals surface area contributed by atoms with E-state index in [0.29, 0.717) is 11.1 Å². The van der Waals surface area contributed by atoms with Crippen molar-refractivity contribution in [2.75, 3.05) is 6.61 Å². The third-order valence-corrected chi connectivity index (χ3v) is 5.74. The highest BCUT2D eigenvalue weighted by atomic mass is 16.5. The van der Waals surface area contributed by atoms with Crippen molar-refractivity contribution in [2.24, 2.45) is 10.8 Å². The average Bonchev–Trinajstić information content (AvgIpc) is 3.19. The van der Waals surface area contributed by atoms with Gasteiger partial charge in [-0.3, -0.25) is 9.59 Å². The molecular formula is C17H22O5. The number of aliphatic hydroxyl groups excluding tert-OH is 1. The lowest BCUT2D eigenvalue weighted by molar-refractivity contribution is -0.149. The molecule has 0 aromatic heterocycles. The van der Waals surface area contributed by atoms with Crippen molar-refractivity contribution in [1.82, 2.24) is 0 Å². The number of carbonyl (C=O) groups is 2. The predicted molar refractivity (Wildman–Crippen MR) is 78.8 cm³/mol. The van der Waals surface area contributed by atoms with Gasteiger partial charge in [-0.1, -0.05) is 11.6 Å². The van der Waals surface area contributed by atoms with Gasteiger partial charge >= 0.3 is 5.97 Å². The van der Waals surface area contributed by atoms with Crippen LogP contribution in [-0.4, -0.2) is 40.3 Å². The number of hydrogen-bond acceptors (Lipinski definition) is 5. The van der Waals surface area contributed by atoms with Crippen molar-refractivity contribution < 1.29 is 24.5 Å². The summed E-state index contributed by atoms with van der Waals surface area (Å²) < 4.78 is 5.45. The van der Waals surface area contributed by atoms with Gasteiger partial charge in [-0.05, 0) is 33.6 Å². The Kier molecular flexibility index (Phi) is 3.01. The van der Waals surface area contributed by atoms with Gasteiger partial charge in [0.25, 0.3) is 0 Å². The molecule has 3 aliphatic rings. The molecule has 3 rings (SSSR count). The van der Waals surface area contributed by atoms with Crippen molar-refractivity contribution in [3.63, 3.8) is 0 Å². The minimum Gasteiger partial charge on any atom is -0.457 e. The molecule has 3 atom stereocenters. The summed E-state index contributed by atoms with van der Waals surface area (Å²) in [6.45, 7) is 6.30. The number of ether oxygens (including phenoxy) is 1. The highest BCUT2D eigenvalue weighted by Crippen LogP contribution is 2.65. The molecule has 0 saturated heterocycles. The van der Waals surface area contributed by atoms with Crippen molar-refractivity contribution in [3.05, 3.63) is 22.8 Å². The van der Waals surface area contributed by atoms with E-state index in [-0.39, 0.29) is 12.4 Å². The summed E-state index contributed by atoms with van der Waals surface area (Å²) in [5.41, 5.74) is -0.844. The highest BCUT2D eigenvalue weighted by Gasteiger charge is 2.67. The molecule has 0 aromatic rings. The Balaban J connectivity index is 2.22. The van der Waals surface area contributed by atoms with Crippen LogP contribution in [0.4, 0.5) is 0 Å². The first-order valence-corrected chi connectivity index (χ1v) is 7.60. The Bertz CT molecular complexity index is 635. The molecule has 0 aliphatic heterocycles. The fraction of sp³-hybridized carbons (Fsp3) is 0.647. The van der Waals surface area contributed by atoms with Crippen LogP contribution in [0.15, 0.2) is 22.8 Å². The van der Waals surface area contributed by atoms with E-state index in [4.69, 9.17) is 4.74 Å². The molecule has 1 spiro atoms. The first-order chi connectivity index (χ1) is 10.1. The Labute approximate surface area is 129 Å². The molecule has 0 radical (unpaired) electrons. The van der Waals surface area contributed by atoms with E-state index in [1.807, 2.05) is 6.92 Å². The maximum Gasteiger partial charge on any atom is 0.303 e. The van der Waals surface area contributed by atoms with Gasteiger partial charge in [0.05, 0.1) is 12.0 Å². The number of carbonyl (C=O) groups excluding carboxylic acids is 2. The quantitative estimate of drug-likeness (QED) is 0.751. The summed E-state index contributed by atoms with van der Waals surface area (Å²) in [4.78, 5) is 24.3. The topological polar surface area (TPSA) is 83.8 Å². The van der Waals surface area contributed by atoms with Gasteiger partial charge in [0, 0.05) is 23.5 Å². The van der Waals surface area contributed by atoms with Crippen LogP contribution < -0.4 is 0 Å². The highest BCUT2D eigenvalue weighted by molar-refractivity contribution is 6.09. The van der Waals surface area contributed by atoms with E-state index in [1.165, 1.54) is 6.92 Å². The predicted octanol–water partition coefficient (Wildman–Crippen LogP) is 1.29. The number of Topliss-reactive ketones (excluding diaryl/α,β-unsaturated/α-hetero) is 1. The first-order valence-electron chi connectivity index (χ1n) is 7.60. The maximum absolute atomic E-state index is 12.8. The number of aliphatic hydroxyl groups is 2. The first kappa shape index (κ1) is 15.4. The Hall–Kier alpha value is -1.46. The third kappa shape index (κ3) is 1.66. The van der Waals surface area contributed by atoms with Crippen molar-refractivity contribution in [1.29, 1.82) is 0 Å². The van der Waals surface area contributed by atoms with Crippen molar-refractivity contribution in [2.45, 2.75) is 52.2 Å². The van der Waals surface area contributed by atoms with Crippen LogP contribution in [0.3, 0.4) is 0 Å². The summed E-state index contributed by atoms with van der Waals surface area (Å²) in [6.07, 6.45) is 2.47. The summed E-state index contributed by atoms with van der Waals surface area (Å²) >= 11 is 0. The zero-order valence-corrected chi connectivity index (χ0v) is 13.4. The molecule has 5 nitrogen and oxygen atoms in total. The molecule has 3 unspecified atom stereocenters. The standard InChI is InChI=1S/C17H22O5/c1-9-12-11(13(20)16(4,21)17(9)5-6-17)7-15(3,8-18)14(12)22-10(2)19/h7,14,18,21H,5-6,8H2,1-4H3. The van der Waals surface area contributed by atoms with E-state index >= 15 is 0 Å². The van der Waals surface area contributed by atoms with Gasteiger partial charge < -0.3 is 14.9 Å². The Morgan fingerprint density at radius 2 is 2.00 bits per heavy atom. The summed E-state index contributed by atoms with van der Waals surface area (Å²) in [7, 11) is 0. The van der Waals surface area contributed by atoms with Crippen molar-refractivity contribution in [3.8, 4) is 0 Å². The van der Waals surface area contributed by atoms with Gasteiger partial charge in [-0.25, -0.2) is 0 Å². The molecule has 3 aliphatic carbocycles. The minimum atomic E-state index is -1.44. The molecule has 0 heterocycles. The van der Waals surface area contributed by atoms with Crippen LogP contribution in [0, 0.1) is 10.8 Å². The molecule has 1 saturated carbocycles. The minimum absolute atomic E-state index is 0.242. The zero-order chi connectivity index (χ0) is 16.5. The van der Waals surface area contributed by atoms with E-state index in [0.717, 1.165) is 18.4 Å². The third-order valence-electron chi connectivity index (χ3n) is 5.74. The Morgan fingerprint density at radius 1 is 1.41 bits per heavy atom. The molecule has 22 heavy (non-hydrogen) atoms. The fourth-order valence-corrected chi connectivity index (χ4v) is 4.12. The molecule has 5 heteroatoms. The molecule has 2 N–H and O–H groups in total.